The Kier molecular flexibility index (Phi) is 3.16. The molecule has 0 aliphatic heterocycles. The molecule has 3 rings (SSSR count). The van der Waals surface area contributed by atoms with E-state index in [0.717, 1.165) is 16.7 Å². The molecule has 0 unspecified atom stereocenters. The SMILES string of the molecule is O=C(O)n1c(-c2ccc(C(F)(F)F)cc2)cc2ccccc21. The molecule has 6 heteroatoms. The predicted octanol–water partition coefficient (Wildman–Crippen LogP) is 4.85. The quantitative estimate of drug-likeness (QED) is 0.698. The van der Waals surface area contributed by atoms with Gasteiger partial charge in [0.2, 0.25) is 0 Å². The summed E-state index contributed by atoms with van der Waals surface area (Å²) >= 11 is 0. The van der Waals surface area contributed by atoms with Gasteiger partial charge in [-0.15, -0.1) is 0 Å². The van der Waals surface area contributed by atoms with Crippen LogP contribution in [0.5, 0.6) is 0 Å². The molecule has 0 aliphatic rings. The fourth-order valence-electron chi connectivity index (χ4n) is 2.40. The minimum atomic E-state index is -4.42. The van der Waals surface area contributed by atoms with Gasteiger partial charge in [0, 0.05) is 5.39 Å². The summed E-state index contributed by atoms with van der Waals surface area (Å²) in [6.45, 7) is 0. The van der Waals surface area contributed by atoms with Gasteiger partial charge in [-0.25, -0.2) is 9.36 Å². The summed E-state index contributed by atoms with van der Waals surface area (Å²) in [5, 5.41) is 10.1. The summed E-state index contributed by atoms with van der Waals surface area (Å²) in [4.78, 5) is 11.5. The summed E-state index contributed by atoms with van der Waals surface area (Å²) in [5.74, 6) is 0. The normalized spacial score (nSPS) is 11.8. The molecule has 3 aromatic rings. The lowest BCUT2D eigenvalue weighted by molar-refractivity contribution is -0.137. The van der Waals surface area contributed by atoms with Gasteiger partial charge in [-0.1, -0.05) is 30.3 Å². The molecule has 22 heavy (non-hydrogen) atoms. The van der Waals surface area contributed by atoms with Crippen LogP contribution in [0.15, 0.2) is 54.6 Å². The number of nitrogens with zero attached hydrogens (tertiary/aromatic N) is 1. The number of hydrogen-bond donors (Lipinski definition) is 1. The Morgan fingerprint density at radius 2 is 1.64 bits per heavy atom. The van der Waals surface area contributed by atoms with Gasteiger partial charge in [0.25, 0.3) is 0 Å². The van der Waals surface area contributed by atoms with Gasteiger partial charge in [0.1, 0.15) is 0 Å². The second kappa shape index (κ2) is 4.91. The Morgan fingerprint density at radius 1 is 1.00 bits per heavy atom. The number of halogens is 3. The van der Waals surface area contributed by atoms with E-state index in [1.54, 1.807) is 30.3 Å². The van der Waals surface area contributed by atoms with Crippen LogP contribution in [0.4, 0.5) is 18.0 Å². The topological polar surface area (TPSA) is 42.2 Å². The number of carboxylic acid groups (broad SMARTS) is 1. The molecule has 112 valence electrons. The van der Waals surface area contributed by atoms with E-state index in [1.807, 2.05) is 0 Å². The van der Waals surface area contributed by atoms with Crippen molar-refractivity contribution in [2.75, 3.05) is 0 Å². The van der Waals surface area contributed by atoms with E-state index in [-0.39, 0.29) is 0 Å². The summed E-state index contributed by atoms with van der Waals surface area (Å²) < 4.78 is 38.9. The number of alkyl halides is 3. The zero-order valence-electron chi connectivity index (χ0n) is 11.1. The van der Waals surface area contributed by atoms with E-state index in [4.69, 9.17) is 0 Å². The summed E-state index contributed by atoms with van der Waals surface area (Å²) in [6.07, 6.45) is -5.60. The summed E-state index contributed by atoms with van der Waals surface area (Å²) in [5.41, 5.74) is 0.466. The van der Waals surface area contributed by atoms with E-state index < -0.39 is 17.8 Å². The van der Waals surface area contributed by atoms with Gasteiger partial charge in [0.15, 0.2) is 0 Å². The Morgan fingerprint density at radius 3 is 2.23 bits per heavy atom. The number of carbonyl (C=O) groups is 1. The maximum absolute atomic E-state index is 12.6. The number of hydrogen-bond acceptors (Lipinski definition) is 1. The Balaban J connectivity index is 2.18. The van der Waals surface area contributed by atoms with E-state index in [9.17, 15) is 23.1 Å². The van der Waals surface area contributed by atoms with E-state index in [0.29, 0.717) is 22.2 Å². The second-order valence-electron chi connectivity index (χ2n) is 4.78. The lowest BCUT2D eigenvalue weighted by atomic mass is 10.1. The fourth-order valence-corrected chi connectivity index (χ4v) is 2.40. The van der Waals surface area contributed by atoms with Gasteiger partial charge >= 0.3 is 12.3 Å². The molecular formula is C16H10F3NO2. The molecule has 0 spiro atoms. The smallest absolute Gasteiger partial charge is 0.416 e. The van der Waals surface area contributed by atoms with Crippen LogP contribution < -0.4 is 0 Å². The van der Waals surface area contributed by atoms with Crippen molar-refractivity contribution < 1.29 is 23.1 Å². The summed E-state index contributed by atoms with van der Waals surface area (Å²) in [7, 11) is 0. The van der Waals surface area contributed by atoms with Gasteiger partial charge in [-0.3, -0.25) is 0 Å². The minimum absolute atomic E-state index is 0.336. The first-order valence-corrected chi connectivity index (χ1v) is 6.39. The van der Waals surface area contributed by atoms with Crippen LogP contribution in [0, 0.1) is 0 Å². The van der Waals surface area contributed by atoms with Gasteiger partial charge in [-0.2, -0.15) is 13.2 Å². The van der Waals surface area contributed by atoms with Gasteiger partial charge in [-0.05, 0) is 29.8 Å². The molecule has 0 radical (unpaired) electrons. The molecule has 3 nitrogen and oxygen atoms in total. The van der Waals surface area contributed by atoms with Crippen molar-refractivity contribution in [3.8, 4) is 11.3 Å². The average molecular weight is 305 g/mol. The minimum Gasteiger partial charge on any atom is -0.464 e. The molecule has 0 fully saturated rings. The van der Waals surface area contributed by atoms with E-state index in [2.05, 4.69) is 0 Å². The van der Waals surface area contributed by atoms with Crippen molar-refractivity contribution >= 4 is 17.0 Å². The third-order valence-electron chi connectivity index (χ3n) is 3.41. The van der Waals surface area contributed by atoms with Crippen LogP contribution in [-0.2, 0) is 6.18 Å². The molecule has 1 heterocycles. The summed E-state index contributed by atoms with van der Waals surface area (Å²) in [6, 6.07) is 13.0. The molecular weight excluding hydrogens is 295 g/mol. The highest BCUT2D eigenvalue weighted by Crippen LogP contribution is 2.32. The monoisotopic (exact) mass is 305 g/mol. The van der Waals surface area contributed by atoms with E-state index >= 15 is 0 Å². The Hall–Kier alpha value is -2.76. The molecule has 0 amide bonds. The first kappa shape index (κ1) is 14.2. The molecule has 2 aromatic carbocycles. The number of aromatic nitrogens is 1. The van der Waals surface area contributed by atoms with Crippen LogP contribution in [0.2, 0.25) is 0 Å². The molecule has 0 aliphatic carbocycles. The number of fused-ring (bicyclic) bond motifs is 1. The van der Waals surface area contributed by atoms with E-state index in [1.165, 1.54) is 12.1 Å². The molecule has 1 N–H and O–H groups in total. The third-order valence-corrected chi connectivity index (χ3v) is 3.41. The molecule has 0 atom stereocenters. The fraction of sp³-hybridized carbons (Fsp3) is 0.0625. The lowest BCUT2D eigenvalue weighted by Crippen LogP contribution is -2.09. The number of benzene rings is 2. The second-order valence-corrected chi connectivity index (χ2v) is 4.78. The highest BCUT2D eigenvalue weighted by atomic mass is 19.4. The highest BCUT2D eigenvalue weighted by molar-refractivity contribution is 5.95. The highest BCUT2D eigenvalue weighted by Gasteiger charge is 2.30. The lowest BCUT2D eigenvalue weighted by Gasteiger charge is -2.09. The van der Waals surface area contributed by atoms with Crippen LogP contribution >= 0.6 is 0 Å². The zero-order valence-corrected chi connectivity index (χ0v) is 11.1. The third kappa shape index (κ3) is 2.32. The van der Waals surface area contributed by atoms with Crippen molar-refractivity contribution in [1.29, 1.82) is 0 Å². The van der Waals surface area contributed by atoms with Crippen molar-refractivity contribution in [3.05, 3.63) is 60.2 Å². The maximum atomic E-state index is 12.6. The standard InChI is InChI=1S/C16H10F3NO2/c17-16(18,19)12-7-5-10(6-8-12)14-9-11-3-1-2-4-13(11)20(14)15(21)22/h1-9H,(H,21,22). The number of rotatable bonds is 1. The molecule has 1 aromatic heterocycles. The predicted molar refractivity (Wildman–Crippen MR) is 75.8 cm³/mol. The Labute approximate surface area is 123 Å². The van der Waals surface area contributed by atoms with Crippen LogP contribution in [0.25, 0.3) is 22.2 Å². The maximum Gasteiger partial charge on any atom is 0.416 e. The van der Waals surface area contributed by atoms with Crippen molar-refractivity contribution in [2.45, 2.75) is 6.18 Å². The zero-order chi connectivity index (χ0) is 15.9. The van der Waals surface area contributed by atoms with Gasteiger partial charge in [0.05, 0.1) is 16.8 Å². The largest absolute Gasteiger partial charge is 0.464 e. The van der Waals surface area contributed by atoms with Gasteiger partial charge < -0.3 is 5.11 Å². The number of para-hydroxylation sites is 1. The van der Waals surface area contributed by atoms with Crippen molar-refractivity contribution in [3.63, 3.8) is 0 Å². The average Bonchev–Trinajstić information content (AvgIpc) is 2.86. The van der Waals surface area contributed by atoms with Crippen molar-refractivity contribution in [2.24, 2.45) is 0 Å². The molecule has 0 saturated heterocycles. The van der Waals surface area contributed by atoms with Crippen LogP contribution in [0.1, 0.15) is 5.56 Å². The first-order valence-electron chi connectivity index (χ1n) is 6.39. The molecule has 0 saturated carbocycles. The van der Waals surface area contributed by atoms with Crippen molar-refractivity contribution in [1.82, 2.24) is 4.57 Å². The van der Waals surface area contributed by atoms with Crippen LogP contribution in [-0.4, -0.2) is 15.8 Å². The Bertz CT molecular complexity index is 848. The first-order chi connectivity index (χ1) is 10.4. The molecule has 0 bridgehead atoms. The van der Waals surface area contributed by atoms with Crippen LogP contribution in [0.3, 0.4) is 0 Å².